The first-order valence-electron chi connectivity index (χ1n) is 6.64. The average molecular weight is 247 g/mol. The van der Waals surface area contributed by atoms with Crippen molar-refractivity contribution >= 4 is 5.97 Å². The number of rotatable bonds is 6. The zero-order valence-corrected chi connectivity index (χ0v) is 11.0. The lowest BCUT2D eigenvalue weighted by Gasteiger charge is -2.16. The molecule has 0 amide bonds. The molecule has 1 fully saturated rings. The van der Waals surface area contributed by atoms with E-state index in [0.717, 1.165) is 5.56 Å². The zero-order chi connectivity index (χ0) is 13.1. The van der Waals surface area contributed by atoms with Crippen LogP contribution in [0.1, 0.15) is 49.8 Å². The fourth-order valence-corrected chi connectivity index (χ4v) is 2.08. The van der Waals surface area contributed by atoms with Gasteiger partial charge in [-0.3, -0.25) is 4.79 Å². The maximum Gasteiger partial charge on any atom is 0.325 e. The average Bonchev–Trinajstić information content (AvgIpc) is 3.13. The molecule has 1 aliphatic carbocycles. The first-order valence-corrected chi connectivity index (χ1v) is 6.64. The molecule has 18 heavy (non-hydrogen) atoms. The molecule has 0 aromatic heterocycles. The smallest absolute Gasteiger partial charge is 0.325 e. The lowest BCUT2D eigenvalue weighted by atomic mass is 10.0. The molecular formula is C15H21NO2. The molecule has 0 saturated heterocycles. The van der Waals surface area contributed by atoms with E-state index in [4.69, 9.17) is 0 Å². The van der Waals surface area contributed by atoms with Crippen LogP contribution >= 0.6 is 0 Å². The lowest BCUT2D eigenvalue weighted by Crippen LogP contribution is -2.31. The van der Waals surface area contributed by atoms with Crippen LogP contribution in [-0.4, -0.2) is 17.6 Å². The molecule has 98 valence electrons. The first-order chi connectivity index (χ1) is 8.58. The Morgan fingerprint density at radius 3 is 2.39 bits per heavy atom. The van der Waals surface area contributed by atoms with Gasteiger partial charge in [0.25, 0.3) is 0 Å². The van der Waals surface area contributed by atoms with Crippen molar-refractivity contribution in [3.05, 3.63) is 35.4 Å². The highest BCUT2D eigenvalue weighted by Gasteiger charge is 2.24. The highest BCUT2D eigenvalue weighted by molar-refractivity contribution is 5.75. The van der Waals surface area contributed by atoms with Crippen LogP contribution in [0, 0.1) is 5.92 Å². The summed E-state index contributed by atoms with van der Waals surface area (Å²) in [5.74, 6) is 0.346. The lowest BCUT2D eigenvalue weighted by molar-refractivity contribution is -0.139. The predicted octanol–water partition coefficient (Wildman–Crippen LogP) is 2.94. The van der Waals surface area contributed by atoms with E-state index in [-0.39, 0.29) is 0 Å². The third-order valence-electron chi connectivity index (χ3n) is 3.30. The number of nitrogens with one attached hydrogen (secondary N) is 1. The van der Waals surface area contributed by atoms with E-state index in [9.17, 15) is 9.90 Å². The van der Waals surface area contributed by atoms with Gasteiger partial charge >= 0.3 is 5.97 Å². The Hall–Kier alpha value is -1.35. The highest BCUT2D eigenvalue weighted by Crippen LogP contribution is 2.40. The minimum absolute atomic E-state index is 0.442. The Labute approximate surface area is 108 Å². The van der Waals surface area contributed by atoms with Gasteiger partial charge < -0.3 is 10.4 Å². The number of carboxylic acids is 1. The van der Waals surface area contributed by atoms with Crippen molar-refractivity contribution in [1.29, 1.82) is 0 Å². The Kier molecular flexibility index (Phi) is 4.02. The normalized spacial score (nSPS) is 16.8. The summed E-state index contributed by atoms with van der Waals surface area (Å²) in [6.07, 6.45) is 2.54. The minimum atomic E-state index is -0.810. The molecule has 1 atom stereocenters. The quantitative estimate of drug-likeness (QED) is 0.812. The molecule has 1 aliphatic rings. The van der Waals surface area contributed by atoms with Gasteiger partial charge in [0.05, 0.1) is 0 Å². The van der Waals surface area contributed by atoms with Gasteiger partial charge in [0.1, 0.15) is 6.04 Å². The van der Waals surface area contributed by atoms with E-state index in [2.05, 4.69) is 31.3 Å². The first kappa shape index (κ1) is 13.1. The summed E-state index contributed by atoms with van der Waals surface area (Å²) in [6, 6.07) is 7.43. The van der Waals surface area contributed by atoms with E-state index in [1.54, 1.807) is 0 Å². The van der Waals surface area contributed by atoms with Crippen molar-refractivity contribution in [1.82, 2.24) is 5.32 Å². The van der Waals surface area contributed by atoms with Crippen molar-refractivity contribution in [3.8, 4) is 0 Å². The number of benzene rings is 1. The Balaban J connectivity index is 2.06. The minimum Gasteiger partial charge on any atom is -0.480 e. The molecule has 0 bridgehead atoms. The standard InChI is InChI=1S/C15H21NO2/c1-10(2)9-16-14(15(17)18)13-7-5-12(6-8-13)11-3-4-11/h5-8,10-11,14,16H,3-4,9H2,1-2H3,(H,17,18). The fraction of sp³-hybridized carbons (Fsp3) is 0.533. The molecule has 1 saturated carbocycles. The maximum atomic E-state index is 11.3. The summed E-state index contributed by atoms with van der Waals surface area (Å²) >= 11 is 0. The summed E-state index contributed by atoms with van der Waals surface area (Å²) in [7, 11) is 0. The summed E-state index contributed by atoms with van der Waals surface area (Å²) in [6.45, 7) is 4.85. The molecule has 0 heterocycles. The third kappa shape index (κ3) is 3.33. The SMILES string of the molecule is CC(C)CNC(C(=O)O)c1ccc(C2CC2)cc1. The van der Waals surface area contributed by atoms with Crippen molar-refractivity contribution in [3.63, 3.8) is 0 Å². The Morgan fingerprint density at radius 2 is 1.94 bits per heavy atom. The van der Waals surface area contributed by atoms with Gasteiger partial charge in [-0.05, 0) is 42.3 Å². The van der Waals surface area contributed by atoms with Crippen LogP contribution in [0.15, 0.2) is 24.3 Å². The monoisotopic (exact) mass is 247 g/mol. The number of hydrogen-bond acceptors (Lipinski definition) is 2. The van der Waals surface area contributed by atoms with Crippen LogP contribution < -0.4 is 5.32 Å². The van der Waals surface area contributed by atoms with Crippen LogP contribution in [0.3, 0.4) is 0 Å². The van der Waals surface area contributed by atoms with Crippen molar-refractivity contribution in [2.75, 3.05) is 6.54 Å². The Bertz CT molecular complexity index is 407. The van der Waals surface area contributed by atoms with Gasteiger partial charge in [0.2, 0.25) is 0 Å². The van der Waals surface area contributed by atoms with Gasteiger partial charge in [-0.1, -0.05) is 38.1 Å². The van der Waals surface area contributed by atoms with Crippen LogP contribution in [0.4, 0.5) is 0 Å². The van der Waals surface area contributed by atoms with Crippen LogP contribution in [0.2, 0.25) is 0 Å². The van der Waals surface area contributed by atoms with Crippen molar-refractivity contribution < 1.29 is 9.90 Å². The summed E-state index contributed by atoms with van der Waals surface area (Å²) in [5.41, 5.74) is 2.18. The van der Waals surface area contributed by atoms with Crippen LogP contribution in [0.5, 0.6) is 0 Å². The molecule has 0 spiro atoms. The van der Waals surface area contributed by atoms with Gasteiger partial charge in [-0.25, -0.2) is 0 Å². The number of carbonyl (C=O) groups is 1. The number of carboxylic acid groups (broad SMARTS) is 1. The predicted molar refractivity (Wildman–Crippen MR) is 71.6 cm³/mol. The number of hydrogen-bond donors (Lipinski definition) is 2. The molecule has 1 unspecified atom stereocenters. The van der Waals surface area contributed by atoms with E-state index in [0.29, 0.717) is 18.4 Å². The second-order valence-electron chi connectivity index (χ2n) is 5.51. The highest BCUT2D eigenvalue weighted by atomic mass is 16.4. The van der Waals surface area contributed by atoms with E-state index >= 15 is 0 Å². The van der Waals surface area contributed by atoms with Crippen LogP contribution in [0.25, 0.3) is 0 Å². The van der Waals surface area contributed by atoms with Crippen LogP contribution in [-0.2, 0) is 4.79 Å². The molecular weight excluding hydrogens is 226 g/mol. The van der Waals surface area contributed by atoms with Gasteiger partial charge in [-0.15, -0.1) is 0 Å². The van der Waals surface area contributed by atoms with Gasteiger partial charge in [0.15, 0.2) is 0 Å². The van der Waals surface area contributed by atoms with Gasteiger partial charge in [-0.2, -0.15) is 0 Å². The molecule has 3 nitrogen and oxygen atoms in total. The topological polar surface area (TPSA) is 49.3 Å². The number of aliphatic carboxylic acids is 1. The third-order valence-corrected chi connectivity index (χ3v) is 3.30. The van der Waals surface area contributed by atoms with E-state index in [1.165, 1.54) is 18.4 Å². The maximum absolute atomic E-state index is 11.3. The zero-order valence-electron chi connectivity index (χ0n) is 11.0. The van der Waals surface area contributed by atoms with E-state index < -0.39 is 12.0 Å². The summed E-state index contributed by atoms with van der Waals surface area (Å²) < 4.78 is 0. The molecule has 1 aromatic carbocycles. The van der Waals surface area contributed by atoms with E-state index in [1.807, 2.05) is 12.1 Å². The Morgan fingerprint density at radius 1 is 1.33 bits per heavy atom. The van der Waals surface area contributed by atoms with Crippen molar-refractivity contribution in [2.24, 2.45) is 5.92 Å². The van der Waals surface area contributed by atoms with Crippen molar-refractivity contribution in [2.45, 2.75) is 38.6 Å². The molecule has 2 rings (SSSR count). The molecule has 0 radical (unpaired) electrons. The largest absolute Gasteiger partial charge is 0.480 e. The van der Waals surface area contributed by atoms with Gasteiger partial charge in [0, 0.05) is 0 Å². The summed E-state index contributed by atoms with van der Waals surface area (Å²) in [5, 5.41) is 12.4. The molecule has 2 N–H and O–H groups in total. The molecule has 3 heteroatoms. The summed E-state index contributed by atoms with van der Waals surface area (Å²) in [4.78, 5) is 11.3. The second kappa shape index (κ2) is 5.53. The molecule has 0 aliphatic heterocycles. The molecule has 1 aromatic rings. The second-order valence-corrected chi connectivity index (χ2v) is 5.51. The fourth-order valence-electron chi connectivity index (χ4n) is 2.08.